The molecule has 4 N–H and O–H groups in total. The number of ether oxygens (including phenoxy) is 3. The van der Waals surface area contributed by atoms with Gasteiger partial charge in [-0.05, 0) is 31.0 Å². The third-order valence-electron chi connectivity index (χ3n) is 7.76. The molecule has 9 atom stereocenters. The molecule has 2 aliphatic rings. The van der Waals surface area contributed by atoms with Crippen molar-refractivity contribution in [2.24, 2.45) is 0 Å². The number of phosphoric ester groups is 2. The van der Waals surface area contributed by atoms with E-state index in [1.165, 1.54) is 22.1 Å². The van der Waals surface area contributed by atoms with Crippen LogP contribution in [0.3, 0.4) is 0 Å². The highest BCUT2D eigenvalue weighted by atomic mass is 31.3. The molecule has 53 heavy (non-hydrogen) atoms. The van der Waals surface area contributed by atoms with Gasteiger partial charge in [-0.2, -0.15) is 12.9 Å². The molecule has 2 fully saturated rings. The average molecular weight is 821 g/mol. The summed E-state index contributed by atoms with van der Waals surface area (Å²) >= 11 is 0. The van der Waals surface area contributed by atoms with Gasteiger partial charge in [0.15, 0.2) is 12.5 Å². The number of aryl methyl sites for hydroxylation is 1. The summed E-state index contributed by atoms with van der Waals surface area (Å²) in [4.78, 5) is 57.8. The van der Waals surface area contributed by atoms with E-state index in [1.807, 2.05) is 61.5 Å². The largest absolute Gasteiger partial charge is 0.490 e. The highest BCUT2D eigenvalue weighted by molar-refractivity contribution is 7.69. The predicted octanol–water partition coefficient (Wildman–Crippen LogP) is 4.62. The second kappa shape index (κ2) is 15.8. The standard InChI is InChI=1S/C29H35N3O17P4/c1-3-14-42-50(34,35)47-52(38,39)49-53(40,41)48-51(36,37)43-18-23-26-27(46-25(45-26)16-20-9-5-4-6-10-20)28(44-23)31-13-12-24-30-22(17-32(24)29(31)33)21-11-7-8-19(2)15-21/h4-13,15,17,23,25-28H,3,14,16,18H2,1-2H3,(H,34,35)(H,36,37)(H,38,39)(H,40,41)/t23-,25?,26+,27?,28-/m1/s1. The van der Waals surface area contributed by atoms with E-state index in [-0.39, 0.29) is 12.8 Å². The van der Waals surface area contributed by atoms with E-state index in [1.54, 1.807) is 12.3 Å². The lowest BCUT2D eigenvalue weighted by Gasteiger charge is -2.23. The van der Waals surface area contributed by atoms with Gasteiger partial charge in [-0.1, -0.05) is 61.0 Å². The van der Waals surface area contributed by atoms with Gasteiger partial charge in [-0.25, -0.2) is 28.0 Å². The van der Waals surface area contributed by atoms with Gasteiger partial charge in [0.1, 0.15) is 24.0 Å². The zero-order valence-corrected chi connectivity index (χ0v) is 31.4. The van der Waals surface area contributed by atoms with Crippen molar-refractivity contribution in [1.29, 1.82) is 0 Å². The molecule has 0 aliphatic carbocycles. The topological polar surface area (TPSA) is 262 Å². The van der Waals surface area contributed by atoms with Crippen molar-refractivity contribution in [2.45, 2.75) is 57.5 Å². The maximum absolute atomic E-state index is 13.8. The van der Waals surface area contributed by atoms with E-state index in [2.05, 4.69) is 22.4 Å². The number of hydrogen-bond acceptors (Lipinski definition) is 14. The van der Waals surface area contributed by atoms with Crippen molar-refractivity contribution in [2.75, 3.05) is 13.2 Å². The van der Waals surface area contributed by atoms with E-state index in [0.29, 0.717) is 11.3 Å². The van der Waals surface area contributed by atoms with Gasteiger partial charge in [-0.3, -0.25) is 18.0 Å². The van der Waals surface area contributed by atoms with Crippen LogP contribution in [0, 0.1) is 6.92 Å². The monoisotopic (exact) mass is 821 g/mol. The lowest BCUT2D eigenvalue weighted by atomic mass is 10.1. The molecular formula is C29H35N3O17P4. The molecule has 4 aromatic rings. The molecule has 2 saturated heterocycles. The minimum atomic E-state index is -6.01. The Morgan fingerprint density at radius 1 is 0.811 bits per heavy atom. The fraction of sp³-hybridized carbons (Fsp3) is 0.379. The first-order chi connectivity index (χ1) is 24.9. The number of rotatable bonds is 16. The van der Waals surface area contributed by atoms with Crippen LogP contribution < -0.4 is 5.69 Å². The van der Waals surface area contributed by atoms with Crippen LogP contribution >= 0.6 is 31.3 Å². The number of phosphoric acid groups is 4. The van der Waals surface area contributed by atoms with Crippen molar-refractivity contribution in [3.05, 3.63) is 94.7 Å². The molecule has 0 amide bonds. The Kier molecular flexibility index (Phi) is 11.9. The van der Waals surface area contributed by atoms with E-state index < -0.39 is 81.0 Å². The fourth-order valence-electron chi connectivity index (χ4n) is 5.64. The van der Waals surface area contributed by atoms with Crippen LogP contribution in [0.15, 0.2) is 77.9 Å². The molecule has 0 spiro atoms. The summed E-state index contributed by atoms with van der Waals surface area (Å²) in [6.07, 6.45) is -1.79. The predicted molar refractivity (Wildman–Crippen MR) is 182 cm³/mol. The van der Waals surface area contributed by atoms with Crippen LogP contribution in [-0.4, -0.2) is 71.3 Å². The van der Waals surface area contributed by atoms with Crippen LogP contribution in [0.4, 0.5) is 0 Å². The summed E-state index contributed by atoms with van der Waals surface area (Å²) in [6, 6.07) is 18.3. The lowest BCUT2D eigenvalue weighted by molar-refractivity contribution is -0.150. The van der Waals surface area contributed by atoms with Gasteiger partial charge in [-0.15, -0.1) is 0 Å². The number of imidazole rings is 1. The normalized spacial score (nSPS) is 26.0. The Labute approximate surface area is 301 Å². The molecule has 6 rings (SSSR count). The summed E-state index contributed by atoms with van der Waals surface area (Å²) in [7, 11) is -22.8. The molecule has 20 nitrogen and oxygen atoms in total. The van der Waals surface area contributed by atoms with Gasteiger partial charge in [0.25, 0.3) is 0 Å². The van der Waals surface area contributed by atoms with E-state index >= 15 is 0 Å². The summed E-state index contributed by atoms with van der Waals surface area (Å²) in [5.41, 5.74) is 2.99. The maximum atomic E-state index is 13.8. The molecule has 6 unspecified atom stereocenters. The van der Waals surface area contributed by atoms with Crippen molar-refractivity contribution in [3.8, 4) is 11.3 Å². The van der Waals surface area contributed by atoms with E-state index in [4.69, 9.17) is 18.7 Å². The van der Waals surface area contributed by atoms with E-state index in [9.17, 15) is 42.6 Å². The van der Waals surface area contributed by atoms with Crippen LogP contribution in [-0.2, 0) is 60.9 Å². The summed E-state index contributed by atoms with van der Waals surface area (Å²) < 4.78 is 91.1. The first kappa shape index (κ1) is 40.0. The average Bonchev–Trinajstić information content (AvgIpc) is 3.76. The molecule has 2 aromatic heterocycles. The number of fused-ring (bicyclic) bond motifs is 2. The SMILES string of the molecule is CCCOP(=O)(O)OP(=O)(O)OP(=O)(O)OP(=O)(O)OC[C@H]1O[C@@H](n2ccc3nc(-c4cccc(C)c4)cn3c2=O)C2OC(Cc3ccccc3)O[C@H]21. The zero-order chi connectivity index (χ0) is 38.2. The van der Waals surface area contributed by atoms with Gasteiger partial charge < -0.3 is 33.8 Å². The molecule has 0 saturated carbocycles. The lowest BCUT2D eigenvalue weighted by Crippen LogP contribution is -2.35. The van der Waals surface area contributed by atoms with Crippen LogP contribution in [0.1, 0.15) is 30.7 Å². The Hall–Kier alpha value is -2.70. The molecular weight excluding hydrogens is 786 g/mol. The van der Waals surface area contributed by atoms with Crippen LogP contribution in [0.2, 0.25) is 0 Å². The second-order valence-corrected chi connectivity index (χ2v) is 18.1. The second-order valence-electron chi connectivity index (χ2n) is 11.9. The minimum absolute atomic E-state index is 0.195. The molecule has 0 radical (unpaired) electrons. The van der Waals surface area contributed by atoms with Gasteiger partial charge in [0, 0.05) is 24.4 Å². The summed E-state index contributed by atoms with van der Waals surface area (Å²) in [5.74, 6) is 0. The smallest absolute Gasteiger partial charge is 0.346 e. The molecule has 0 bridgehead atoms. The first-order valence-corrected chi connectivity index (χ1v) is 21.8. The molecule has 24 heteroatoms. The van der Waals surface area contributed by atoms with Crippen molar-refractivity contribution >= 4 is 36.9 Å². The Bertz CT molecular complexity index is 2200. The van der Waals surface area contributed by atoms with Crippen LogP contribution in [0.5, 0.6) is 0 Å². The fourth-order valence-corrected chi connectivity index (χ4v) is 10.7. The van der Waals surface area contributed by atoms with Gasteiger partial charge >= 0.3 is 37.0 Å². The number of benzene rings is 2. The highest BCUT2D eigenvalue weighted by Gasteiger charge is 2.55. The molecule has 2 aliphatic heterocycles. The Morgan fingerprint density at radius 2 is 1.47 bits per heavy atom. The summed E-state index contributed by atoms with van der Waals surface area (Å²) in [6.45, 7) is 2.21. The maximum Gasteiger partial charge on any atom is 0.490 e. The first-order valence-electron chi connectivity index (χ1n) is 15.8. The van der Waals surface area contributed by atoms with Crippen molar-refractivity contribution in [3.63, 3.8) is 0 Å². The molecule has 4 heterocycles. The van der Waals surface area contributed by atoms with Gasteiger partial charge in [0.2, 0.25) is 0 Å². The summed E-state index contributed by atoms with van der Waals surface area (Å²) in [5, 5.41) is 0. The van der Waals surface area contributed by atoms with Crippen LogP contribution in [0.25, 0.3) is 16.9 Å². The number of hydrogen-bond donors (Lipinski definition) is 4. The number of aromatic nitrogens is 3. The minimum Gasteiger partial charge on any atom is -0.346 e. The third-order valence-corrected chi connectivity index (χ3v) is 13.7. The van der Waals surface area contributed by atoms with E-state index in [0.717, 1.165) is 16.7 Å². The number of nitrogens with zero attached hydrogens (tertiary/aromatic N) is 3. The van der Waals surface area contributed by atoms with Crippen molar-refractivity contribution in [1.82, 2.24) is 14.0 Å². The highest BCUT2D eigenvalue weighted by Crippen LogP contribution is 2.71. The molecule has 288 valence electrons. The molecule has 2 aromatic carbocycles. The zero-order valence-electron chi connectivity index (χ0n) is 27.9. The van der Waals surface area contributed by atoms with Crippen molar-refractivity contribution < 1.29 is 74.0 Å². The quantitative estimate of drug-likeness (QED) is 0.112. The van der Waals surface area contributed by atoms with Gasteiger partial charge in [0.05, 0.1) is 18.9 Å². The Balaban J connectivity index is 1.20. The Morgan fingerprint density at radius 3 is 2.15 bits per heavy atom. The third kappa shape index (κ3) is 9.95.